The van der Waals surface area contributed by atoms with Crippen LogP contribution < -0.4 is 0 Å². The fraction of sp³-hybridized carbons (Fsp3) is 0. The molecule has 7 heteroatoms. The van der Waals surface area contributed by atoms with Crippen molar-refractivity contribution in [1.29, 1.82) is 0 Å². The summed E-state index contributed by atoms with van der Waals surface area (Å²) in [6.45, 7) is 0. The smallest absolute Gasteiger partial charge is 0.164 e. The molecule has 0 unspecified atom stereocenters. The fourth-order valence-electron chi connectivity index (χ4n) is 8.18. The lowest BCUT2D eigenvalue weighted by molar-refractivity contribution is 0.669. The summed E-state index contributed by atoms with van der Waals surface area (Å²) in [7, 11) is 0. The summed E-state index contributed by atoms with van der Waals surface area (Å²) >= 11 is 1.81. The molecule has 0 saturated carbocycles. The second-order valence-corrected chi connectivity index (χ2v) is 15.2. The Morgan fingerprint density at radius 3 is 1.93 bits per heavy atom. The number of benzene rings is 7. The van der Waals surface area contributed by atoms with Crippen LogP contribution in [0.5, 0.6) is 0 Å². The van der Waals surface area contributed by atoms with Crippen LogP contribution in [0.2, 0.25) is 0 Å². The summed E-state index contributed by atoms with van der Waals surface area (Å²) in [6.07, 6.45) is 3.65. The number of fused-ring (bicyclic) bond motifs is 9. The molecule has 5 heterocycles. The molecule has 7 aromatic carbocycles. The summed E-state index contributed by atoms with van der Waals surface area (Å²) < 4.78 is 15.6. The standard InChI is InChI=1S/C50H28N4O2S/c1-4-18-41-33(13-1)34-22-21-31(27-43(34)55-41)49-52-48(30-11-7-10-29(26-30)32-12-9-25-51-28-32)53-50(54-49)40-24-23-36(46-45(40)39-15-2-5-19-42(39)56-46)38-17-8-16-37-35-14-3-6-20-44(35)57-47(37)38/h1-28H. The minimum absolute atomic E-state index is 0.546. The van der Waals surface area contributed by atoms with Crippen molar-refractivity contribution >= 4 is 75.4 Å². The molecule has 5 aromatic heterocycles. The molecular weight excluding hydrogens is 721 g/mol. The Labute approximate surface area is 329 Å². The molecule has 0 bridgehead atoms. The molecule has 12 rings (SSSR count). The highest BCUT2D eigenvalue weighted by Crippen LogP contribution is 2.46. The zero-order valence-corrected chi connectivity index (χ0v) is 31.0. The second-order valence-electron chi connectivity index (χ2n) is 14.2. The van der Waals surface area contributed by atoms with E-state index >= 15 is 0 Å². The van der Waals surface area contributed by atoms with Gasteiger partial charge in [0, 0.05) is 87.5 Å². The van der Waals surface area contributed by atoms with Crippen LogP contribution in [0.1, 0.15) is 0 Å². The SMILES string of the molecule is c1cncc(-c2cccc(-c3nc(-c4ccc5c(c4)oc4ccccc45)nc(-c4ccc(-c5cccc6c5sc5ccccc56)c5oc6ccccc6c45)n3)c2)c1. The van der Waals surface area contributed by atoms with E-state index in [9.17, 15) is 0 Å². The lowest BCUT2D eigenvalue weighted by atomic mass is 9.97. The van der Waals surface area contributed by atoms with E-state index in [0.29, 0.717) is 17.5 Å². The van der Waals surface area contributed by atoms with Crippen LogP contribution in [-0.2, 0) is 0 Å². The van der Waals surface area contributed by atoms with Crippen molar-refractivity contribution in [2.45, 2.75) is 0 Å². The van der Waals surface area contributed by atoms with Crippen molar-refractivity contribution in [3.8, 4) is 56.4 Å². The lowest BCUT2D eigenvalue weighted by Gasteiger charge is -2.12. The average Bonchev–Trinajstić information content (AvgIpc) is 3.98. The zero-order chi connectivity index (χ0) is 37.5. The van der Waals surface area contributed by atoms with Crippen molar-refractivity contribution in [3.05, 3.63) is 170 Å². The first-order valence-electron chi connectivity index (χ1n) is 18.8. The minimum Gasteiger partial charge on any atom is -0.456 e. The topological polar surface area (TPSA) is 77.8 Å². The molecule has 0 saturated heterocycles. The van der Waals surface area contributed by atoms with Crippen LogP contribution in [0, 0.1) is 0 Å². The number of para-hydroxylation sites is 2. The number of thiophene rings is 1. The fourth-order valence-corrected chi connectivity index (χ4v) is 9.41. The van der Waals surface area contributed by atoms with Gasteiger partial charge < -0.3 is 8.83 Å². The van der Waals surface area contributed by atoms with Gasteiger partial charge in [0.2, 0.25) is 0 Å². The molecule has 12 aromatic rings. The predicted octanol–water partition coefficient (Wildman–Crippen LogP) is 13.8. The molecule has 0 atom stereocenters. The molecule has 0 spiro atoms. The number of pyridine rings is 1. The van der Waals surface area contributed by atoms with Gasteiger partial charge in [0.1, 0.15) is 22.3 Å². The highest BCUT2D eigenvalue weighted by molar-refractivity contribution is 7.26. The Kier molecular flexibility index (Phi) is 7.00. The lowest BCUT2D eigenvalue weighted by Crippen LogP contribution is -2.01. The van der Waals surface area contributed by atoms with E-state index in [0.717, 1.165) is 82.8 Å². The maximum atomic E-state index is 6.81. The van der Waals surface area contributed by atoms with Crippen LogP contribution >= 0.6 is 11.3 Å². The van der Waals surface area contributed by atoms with Crippen LogP contribution in [0.25, 0.3) is 120 Å². The van der Waals surface area contributed by atoms with Gasteiger partial charge in [-0.3, -0.25) is 4.98 Å². The third-order valence-corrected chi connectivity index (χ3v) is 12.1. The van der Waals surface area contributed by atoms with Crippen molar-refractivity contribution in [1.82, 2.24) is 19.9 Å². The summed E-state index contributed by atoms with van der Waals surface area (Å²) in [5.41, 5.74) is 9.97. The summed E-state index contributed by atoms with van der Waals surface area (Å²) in [5, 5.41) is 6.58. The Morgan fingerprint density at radius 1 is 0.404 bits per heavy atom. The quantitative estimate of drug-likeness (QED) is 0.174. The number of hydrogen-bond acceptors (Lipinski definition) is 7. The Morgan fingerprint density at radius 2 is 1.07 bits per heavy atom. The first-order valence-corrected chi connectivity index (χ1v) is 19.6. The van der Waals surface area contributed by atoms with E-state index in [4.69, 9.17) is 23.8 Å². The molecule has 0 aliphatic carbocycles. The maximum absolute atomic E-state index is 6.81. The van der Waals surface area contributed by atoms with Gasteiger partial charge >= 0.3 is 0 Å². The Balaban J connectivity index is 1.11. The van der Waals surface area contributed by atoms with E-state index in [1.165, 1.54) is 20.2 Å². The zero-order valence-electron chi connectivity index (χ0n) is 30.2. The van der Waals surface area contributed by atoms with Crippen LogP contribution in [0.3, 0.4) is 0 Å². The van der Waals surface area contributed by atoms with Gasteiger partial charge in [-0.1, -0.05) is 103 Å². The Bertz CT molecular complexity index is 3550. The largest absolute Gasteiger partial charge is 0.456 e. The van der Waals surface area contributed by atoms with Crippen LogP contribution in [0.15, 0.2) is 179 Å². The molecule has 57 heavy (non-hydrogen) atoms. The predicted molar refractivity (Wildman–Crippen MR) is 232 cm³/mol. The van der Waals surface area contributed by atoms with E-state index in [-0.39, 0.29) is 0 Å². The van der Waals surface area contributed by atoms with Crippen molar-refractivity contribution in [2.24, 2.45) is 0 Å². The van der Waals surface area contributed by atoms with E-state index < -0.39 is 0 Å². The number of rotatable bonds is 5. The van der Waals surface area contributed by atoms with Crippen molar-refractivity contribution < 1.29 is 8.83 Å². The first-order chi connectivity index (χ1) is 28.2. The number of furan rings is 2. The van der Waals surface area contributed by atoms with Gasteiger partial charge in [-0.05, 0) is 60.2 Å². The summed E-state index contributed by atoms with van der Waals surface area (Å²) in [5.74, 6) is 1.66. The number of nitrogens with zero attached hydrogens (tertiary/aromatic N) is 4. The minimum atomic E-state index is 0.546. The third kappa shape index (κ3) is 5.10. The number of hydrogen-bond donors (Lipinski definition) is 0. The van der Waals surface area contributed by atoms with Crippen molar-refractivity contribution in [2.75, 3.05) is 0 Å². The van der Waals surface area contributed by atoms with E-state index in [2.05, 4.69) is 108 Å². The normalized spacial score (nSPS) is 11.9. The second kappa shape index (κ2) is 12.5. The summed E-state index contributed by atoms with van der Waals surface area (Å²) in [4.78, 5) is 20.0. The maximum Gasteiger partial charge on any atom is 0.164 e. The number of aromatic nitrogens is 4. The van der Waals surface area contributed by atoms with Gasteiger partial charge in [0.05, 0.1) is 0 Å². The molecule has 0 N–H and O–H groups in total. The molecule has 0 amide bonds. The molecule has 0 aliphatic heterocycles. The molecule has 0 radical (unpaired) electrons. The van der Waals surface area contributed by atoms with Crippen LogP contribution in [-0.4, -0.2) is 19.9 Å². The van der Waals surface area contributed by atoms with Gasteiger partial charge in [-0.25, -0.2) is 15.0 Å². The first kappa shape index (κ1) is 31.8. The van der Waals surface area contributed by atoms with E-state index in [1.807, 2.05) is 72.1 Å². The molecule has 0 fully saturated rings. The van der Waals surface area contributed by atoms with Gasteiger partial charge in [0.25, 0.3) is 0 Å². The Hall–Kier alpha value is -7.48. The average molecular weight is 749 g/mol. The summed E-state index contributed by atoms with van der Waals surface area (Å²) in [6, 6.07) is 54.2. The van der Waals surface area contributed by atoms with Gasteiger partial charge in [-0.15, -0.1) is 11.3 Å². The van der Waals surface area contributed by atoms with Gasteiger partial charge in [-0.2, -0.15) is 0 Å². The molecule has 0 aliphatic rings. The molecule has 6 nitrogen and oxygen atoms in total. The van der Waals surface area contributed by atoms with E-state index in [1.54, 1.807) is 6.20 Å². The molecular formula is C50H28N4O2S. The van der Waals surface area contributed by atoms with Crippen molar-refractivity contribution in [3.63, 3.8) is 0 Å². The molecule has 266 valence electrons. The van der Waals surface area contributed by atoms with Crippen LogP contribution in [0.4, 0.5) is 0 Å². The highest BCUT2D eigenvalue weighted by atomic mass is 32.1. The third-order valence-electron chi connectivity index (χ3n) is 10.8. The van der Waals surface area contributed by atoms with Gasteiger partial charge in [0.15, 0.2) is 17.5 Å². The monoisotopic (exact) mass is 748 g/mol. The highest BCUT2D eigenvalue weighted by Gasteiger charge is 2.23.